The van der Waals surface area contributed by atoms with Crippen molar-refractivity contribution in [2.45, 2.75) is 12.8 Å². The normalized spacial score (nSPS) is 16.2. The Balaban J connectivity index is 2.08. The molecule has 1 fully saturated rings. The summed E-state index contributed by atoms with van der Waals surface area (Å²) in [6.45, 7) is 2.76. The van der Waals surface area contributed by atoms with E-state index in [0.717, 1.165) is 38.2 Å². The first kappa shape index (κ1) is 14.7. The summed E-state index contributed by atoms with van der Waals surface area (Å²) in [5.41, 5.74) is 7.73. The van der Waals surface area contributed by atoms with Crippen molar-refractivity contribution >= 4 is 17.3 Å². The topological polar surface area (TPSA) is 64.8 Å². The molecule has 0 aliphatic carbocycles. The molecule has 2 rings (SSSR count). The summed E-state index contributed by atoms with van der Waals surface area (Å²) in [5.74, 6) is 0.240. The van der Waals surface area contributed by atoms with Gasteiger partial charge in [-0.15, -0.1) is 0 Å². The molecule has 1 aromatic rings. The first-order valence-electron chi connectivity index (χ1n) is 6.87. The second kappa shape index (κ2) is 6.61. The standard InChI is InChI=1S/C15H22N2O3/c1-19-10-11-5-7-17(8-6-11)12-3-4-14(16)13(9-12)15(18)20-2/h3-4,9,11H,5-8,10,16H2,1-2H3. The zero-order valence-corrected chi connectivity index (χ0v) is 12.1. The molecule has 0 aromatic heterocycles. The maximum absolute atomic E-state index is 11.7. The summed E-state index contributed by atoms with van der Waals surface area (Å²) in [7, 11) is 3.11. The highest BCUT2D eigenvalue weighted by Crippen LogP contribution is 2.26. The lowest BCUT2D eigenvalue weighted by Gasteiger charge is -2.33. The van der Waals surface area contributed by atoms with E-state index >= 15 is 0 Å². The van der Waals surface area contributed by atoms with Crippen molar-refractivity contribution < 1.29 is 14.3 Å². The number of esters is 1. The minimum absolute atomic E-state index is 0.390. The van der Waals surface area contributed by atoms with Gasteiger partial charge in [-0.3, -0.25) is 0 Å². The Bertz CT molecular complexity index is 468. The van der Waals surface area contributed by atoms with Crippen LogP contribution in [0, 0.1) is 5.92 Å². The van der Waals surface area contributed by atoms with Crippen molar-refractivity contribution in [1.29, 1.82) is 0 Å². The molecule has 1 heterocycles. The number of carbonyl (C=O) groups excluding carboxylic acids is 1. The smallest absolute Gasteiger partial charge is 0.340 e. The highest BCUT2D eigenvalue weighted by atomic mass is 16.5. The van der Waals surface area contributed by atoms with Crippen LogP contribution in [0.15, 0.2) is 18.2 Å². The minimum Gasteiger partial charge on any atom is -0.465 e. The molecule has 1 aromatic carbocycles. The fourth-order valence-corrected chi connectivity index (χ4v) is 2.62. The third kappa shape index (κ3) is 3.22. The van der Waals surface area contributed by atoms with Crippen molar-refractivity contribution in [2.75, 3.05) is 44.5 Å². The van der Waals surface area contributed by atoms with E-state index in [1.54, 1.807) is 13.2 Å². The van der Waals surface area contributed by atoms with E-state index < -0.39 is 5.97 Å². The predicted molar refractivity (Wildman–Crippen MR) is 79.0 cm³/mol. The maximum atomic E-state index is 11.7. The molecule has 1 saturated heterocycles. The SMILES string of the molecule is COCC1CCN(c2ccc(N)c(C(=O)OC)c2)CC1. The van der Waals surface area contributed by atoms with Gasteiger partial charge in [0.05, 0.1) is 12.7 Å². The number of methoxy groups -OCH3 is 2. The largest absolute Gasteiger partial charge is 0.465 e. The van der Waals surface area contributed by atoms with Crippen LogP contribution in [0.1, 0.15) is 23.2 Å². The number of hydrogen-bond acceptors (Lipinski definition) is 5. The number of benzene rings is 1. The van der Waals surface area contributed by atoms with Crippen LogP contribution in [0.5, 0.6) is 0 Å². The van der Waals surface area contributed by atoms with Crippen LogP contribution in [0.3, 0.4) is 0 Å². The molecule has 2 N–H and O–H groups in total. The molecule has 0 amide bonds. The van der Waals surface area contributed by atoms with E-state index in [4.69, 9.17) is 15.2 Å². The molecular weight excluding hydrogens is 256 g/mol. The fraction of sp³-hybridized carbons (Fsp3) is 0.533. The molecule has 0 unspecified atom stereocenters. The zero-order valence-electron chi connectivity index (χ0n) is 12.1. The summed E-state index contributed by atoms with van der Waals surface area (Å²) < 4.78 is 9.96. The van der Waals surface area contributed by atoms with Gasteiger partial charge in [-0.25, -0.2) is 4.79 Å². The number of hydrogen-bond donors (Lipinski definition) is 1. The van der Waals surface area contributed by atoms with Gasteiger partial charge in [0.2, 0.25) is 0 Å². The maximum Gasteiger partial charge on any atom is 0.340 e. The number of rotatable bonds is 4. The number of anilines is 2. The highest BCUT2D eigenvalue weighted by molar-refractivity contribution is 5.96. The lowest BCUT2D eigenvalue weighted by atomic mass is 9.97. The molecular formula is C15H22N2O3. The van der Waals surface area contributed by atoms with Gasteiger partial charge in [-0.2, -0.15) is 0 Å². The Kier molecular flexibility index (Phi) is 4.84. The molecule has 1 aliphatic rings. The van der Waals surface area contributed by atoms with Gasteiger partial charge in [-0.05, 0) is 37.0 Å². The second-order valence-electron chi connectivity index (χ2n) is 5.15. The Morgan fingerprint density at radius 3 is 2.65 bits per heavy atom. The van der Waals surface area contributed by atoms with Gasteiger partial charge in [0, 0.05) is 38.2 Å². The van der Waals surface area contributed by atoms with Crippen molar-refractivity contribution in [2.24, 2.45) is 5.92 Å². The molecule has 0 bridgehead atoms. The van der Waals surface area contributed by atoms with Crippen molar-refractivity contribution in [3.63, 3.8) is 0 Å². The number of carbonyl (C=O) groups is 1. The number of ether oxygens (including phenoxy) is 2. The van der Waals surface area contributed by atoms with Gasteiger partial charge in [0.1, 0.15) is 0 Å². The van der Waals surface area contributed by atoms with E-state index in [1.165, 1.54) is 7.11 Å². The third-order valence-electron chi connectivity index (χ3n) is 3.82. The molecule has 0 saturated carbocycles. The Labute approximate surface area is 119 Å². The van der Waals surface area contributed by atoms with E-state index in [1.807, 2.05) is 12.1 Å². The number of nitrogens with zero attached hydrogens (tertiary/aromatic N) is 1. The molecule has 0 radical (unpaired) electrons. The average molecular weight is 278 g/mol. The molecule has 20 heavy (non-hydrogen) atoms. The third-order valence-corrected chi connectivity index (χ3v) is 3.82. The molecule has 5 heteroatoms. The van der Waals surface area contributed by atoms with Crippen LogP contribution in [-0.4, -0.2) is 39.9 Å². The Morgan fingerprint density at radius 2 is 2.05 bits per heavy atom. The predicted octanol–water partition coefficient (Wildman–Crippen LogP) is 1.92. The van der Waals surface area contributed by atoms with Crippen LogP contribution in [0.2, 0.25) is 0 Å². The van der Waals surface area contributed by atoms with Crippen LogP contribution in [0.4, 0.5) is 11.4 Å². The van der Waals surface area contributed by atoms with Crippen molar-refractivity contribution in [3.05, 3.63) is 23.8 Å². The quantitative estimate of drug-likeness (QED) is 0.673. The van der Waals surface area contributed by atoms with Crippen LogP contribution in [-0.2, 0) is 9.47 Å². The van der Waals surface area contributed by atoms with Crippen LogP contribution >= 0.6 is 0 Å². The first-order chi connectivity index (χ1) is 9.65. The molecule has 0 spiro atoms. The van der Waals surface area contributed by atoms with Gasteiger partial charge < -0.3 is 20.1 Å². The van der Waals surface area contributed by atoms with Gasteiger partial charge in [0.15, 0.2) is 0 Å². The van der Waals surface area contributed by atoms with Gasteiger partial charge in [0.25, 0.3) is 0 Å². The Morgan fingerprint density at radius 1 is 1.35 bits per heavy atom. The first-order valence-corrected chi connectivity index (χ1v) is 6.87. The Hall–Kier alpha value is -1.75. The minimum atomic E-state index is -0.390. The lowest BCUT2D eigenvalue weighted by molar-refractivity contribution is 0.0602. The van der Waals surface area contributed by atoms with E-state index in [0.29, 0.717) is 17.2 Å². The molecule has 110 valence electrons. The van der Waals surface area contributed by atoms with Gasteiger partial charge >= 0.3 is 5.97 Å². The second-order valence-corrected chi connectivity index (χ2v) is 5.15. The molecule has 5 nitrogen and oxygen atoms in total. The van der Waals surface area contributed by atoms with Crippen LogP contribution < -0.4 is 10.6 Å². The highest BCUT2D eigenvalue weighted by Gasteiger charge is 2.20. The van der Waals surface area contributed by atoms with Crippen molar-refractivity contribution in [3.8, 4) is 0 Å². The zero-order chi connectivity index (χ0) is 14.5. The summed E-state index contributed by atoms with van der Waals surface area (Å²) in [6.07, 6.45) is 2.21. The van der Waals surface area contributed by atoms with E-state index in [9.17, 15) is 4.79 Å². The summed E-state index contributed by atoms with van der Waals surface area (Å²) >= 11 is 0. The monoisotopic (exact) mass is 278 g/mol. The number of piperidine rings is 1. The molecule has 0 atom stereocenters. The number of nitrogens with two attached hydrogens (primary N) is 1. The average Bonchev–Trinajstić information content (AvgIpc) is 2.48. The summed E-state index contributed by atoms with van der Waals surface area (Å²) in [6, 6.07) is 5.54. The number of nitrogen functional groups attached to an aromatic ring is 1. The van der Waals surface area contributed by atoms with E-state index in [-0.39, 0.29) is 0 Å². The van der Waals surface area contributed by atoms with E-state index in [2.05, 4.69) is 4.90 Å². The van der Waals surface area contributed by atoms with Crippen molar-refractivity contribution in [1.82, 2.24) is 0 Å². The van der Waals surface area contributed by atoms with Gasteiger partial charge in [-0.1, -0.05) is 0 Å². The summed E-state index contributed by atoms with van der Waals surface area (Å²) in [5, 5.41) is 0. The fourth-order valence-electron chi connectivity index (χ4n) is 2.62. The summed E-state index contributed by atoms with van der Waals surface area (Å²) in [4.78, 5) is 13.9. The molecule has 1 aliphatic heterocycles. The lowest BCUT2D eigenvalue weighted by Crippen LogP contribution is -2.35. The van der Waals surface area contributed by atoms with Crippen LogP contribution in [0.25, 0.3) is 0 Å².